The van der Waals surface area contributed by atoms with E-state index in [1.807, 2.05) is 55.5 Å². The van der Waals surface area contributed by atoms with Crippen LogP contribution < -0.4 is 33.7 Å². The second-order valence-corrected chi connectivity index (χ2v) is 9.15. The summed E-state index contributed by atoms with van der Waals surface area (Å²) in [5.41, 5.74) is 2.46. The van der Waals surface area contributed by atoms with Gasteiger partial charge in [0.25, 0.3) is 5.91 Å². The highest BCUT2D eigenvalue weighted by atomic mass is 32.1. The molecule has 39 heavy (non-hydrogen) atoms. The van der Waals surface area contributed by atoms with Crippen molar-refractivity contribution in [2.45, 2.75) is 6.92 Å². The van der Waals surface area contributed by atoms with Crippen LogP contribution in [0.4, 0.5) is 5.13 Å². The number of carbonyl (C=O) groups is 1. The van der Waals surface area contributed by atoms with Crippen LogP contribution in [0.1, 0.15) is 18.1 Å². The van der Waals surface area contributed by atoms with Crippen molar-refractivity contribution in [2.75, 3.05) is 47.0 Å². The number of fused-ring (bicyclic) bond motifs is 1. The highest BCUT2D eigenvalue weighted by molar-refractivity contribution is 7.22. The summed E-state index contributed by atoms with van der Waals surface area (Å²) in [6.07, 6.45) is 3.82. The molecule has 10 heteroatoms. The zero-order chi connectivity index (χ0) is 27.8. The molecule has 1 heterocycles. The van der Waals surface area contributed by atoms with Gasteiger partial charge in [-0.3, -0.25) is 10.1 Å². The van der Waals surface area contributed by atoms with E-state index >= 15 is 0 Å². The molecule has 0 atom stereocenters. The SMILES string of the molecule is CCOc1ccc2sc(NC(=O)COc3cc(C=Cc4cc(OC)c(OC)c(OC)c4)ccc3OC)nc2c1. The highest BCUT2D eigenvalue weighted by Crippen LogP contribution is 2.39. The van der Waals surface area contributed by atoms with E-state index in [9.17, 15) is 4.79 Å². The van der Waals surface area contributed by atoms with Gasteiger partial charge in [0.2, 0.25) is 5.75 Å². The summed E-state index contributed by atoms with van der Waals surface area (Å²) in [4.78, 5) is 17.1. The van der Waals surface area contributed by atoms with Gasteiger partial charge in [0, 0.05) is 6.07 Å². The molecular formula is C29H30N2O7S. The second-order valence-electron chi connectivity index (χ2n) is 8.12. The van der Waals surface area contributed by atoms with Gasteiger partial charge in [0.1, 0.15) is 5.75 Å². The van der Waals surface area contributed by atoms with Crippen LogP contribution in [0, 0.1) is 0 Å². The molecule has 0 saturated carbocycles. The third-order valence-electron chi connectivity index (χ3n) is 5.62. The first-order chi connectivity index (χ1) is 19.0. The molecule has 0 radical (unpaired) electrons. The Labute approximate surface area is 230 Å². The van der Waals surface area contributed by atoms with E-state index in [2.05, 4.69) is 10.3 Å². The predicted octanol–water partition coefficient (Wildman–Crippen LogP) is 5.92. The minimum Gasteiger partial charge on any atom is -0.494 e. The average Bonchev–Trinajstić information content (AvgIpc) is 3.35. The lowest BCUT2D eigenvalue weighted by molar-refractivity contribution is -0.118. The Morgan fingerprint density at radius 3 is 2.18 bits per heavy atom. The molecule has 0 aliphatic rings. The largest absolute Gasteiger partial charge is 0.494 e. The number of nitrogens with zero attached hydrogens (tertiary/aromatic N) is 1. The molecule has 9 nitrogen and oxygen atoms in total. The normalized spacial score (nSPS) is 10.9. The van der Waals surface area contributed by atoms with E-state index in [1.165, 1.54) is 11.3 Å². The number of hydrogen-bond donors (Lipinski definition) is 1. The maximum Gasteiger partial charge on any atom is 0.264 e. The van der Waals surface area contributed by atoms with Gasteiger partial charge in [-0.15, -0.1) is 0 Å². The maximum absolute atomic E-state index is 12.6. The van der Waals surface area contributed by atoms with Gasteiger partial charge in [0.05, 0.1) is 45.3 Å². The average molecular weight is 551 g/mol. The maximum atomic E-state index is 12.6. The molecule has 1 N–H and O–H groups in total. The van der Waals surface area contributed by atoms with Crippen molar-refractivity contribution >= 4 is 44.7 Å². The number of aromatic nitrogens is 1. The number of carbonyl (C=O) groups excluding carboxylic acids is 1. The van der Waals surface area contributed by atoms with Crippen molar-refractivity contribution < 1.29 is 33.2 Å². The quantitative estimate of drug-likeness (QED) is 0.217. The Bertz CT molecular complexity index is 1460. The number of rotatable bonds is 12. The molecule has 0 aliphatic carbocycles. The number of anilines is 1. The summed E-state index contributed by atoms with van der Waals surface area (Å²) in [6.45, 7) is 2.28. The molecule has 1 aromatic heterocycles. The Kier molecular flexibility index (Phi) is 9.11. The van der Waals surface area contributed by atoms with E-state index in [4.69, 9.17) is 28.4 Å². The summed E-state index contributed by atoms with van der Waals surface area (Å²) >= 11 is 1.38. The Balaban J connectivity index is 1.45. The fraction of sp³-hybridized carbons (Fsp3) is 0.241. The molecule has 3 aromatic carbocycles. The van der Waals surface area contributed by atoms with Crippen LogP contribution >= 0.6 is 11.3 Å². The molecule has 0 bridgehead atoms. The van der Waals surface area contributed by atoms with Gasteiger partial charge in [-0.25, -0.2) is 4.98 Å². The Hall–Kier alpha value is -4.44. The van der Waals surface area contributed by atoms with Gasteiger partial charge in [0.15, 0.2) is 34.7 Å². The molecule has 0 unspecified atom stereocenters. The first-order valence-electron chi connectivity index (χ1n) is 12.1. The van der Waals surface area contributed by atoms with Gasteiger partial charge >= 0.3 is 0 Å². The van der Waals surface area contributed by atoms with E-state index in [1.54, 1.807) is 40.6 Å². The number of benzene rings is 3. The van der Waals surface area contributed by atoms with E-state index in [0.717, 1.165) is 27.1 Å². The molecule has 0 saturated heterocycles. The number of amides is 1. The fourth-order valence-electron chi connectivity index (χ4n) is 3.82. The number of ether oxygens (including phenoxy) is 6. The second kappa shape index (κ2) is 12.9. The number of thiazole rings is 1. The summed E-state index contributed by atoms with van der Waals surface area (Å²) in [6, 6.07) is 14.8. The van der Waals surface area contributed by atoms with Crippen LogP contribution in [0.25, 0.3) is 22.4 Å². The van der Waals surface area contributed by atoms with Crippen molar-refractivity contribution in [3.05, 3.63) is 59.7 Å². The summed E-state index contributed by atoms with van der Waals surface area (Å²) in [5, 5.41) is 3.28. The zero-order valence-corrected chi connectivity index (χ0v) is 23.2. The van der Waals surface area contributed by atoms with Gasteiger partial charge in [-0.05, 0) is 54.4 Å². The molecule has 0 aliphatic heterocycles. The lowest BCUT2D eigenvalue weighted by Gasteiger charge is -2.13. The highest BCUT2D eigenvalue weighted by Gasteiger charge is 2.13. The lowest BCUT2D eigenvalue weighted by Crippen LogP contribution is -2.20. The summed E-state index contributed by atoms with van der Waals surface area (Å²) in [5.74, 6) is 2.99. The third kappa shape index (κ3) is 6.71. The molecule has 0 spiro atoms. The number of hydrogen-bond acceptors (Lipinski definition) is 9. The molecular weight excluding hydrogens is 520 g/mol. The van der Waals surface area contributed by atoms with Crippen molar-refractivity contribution in [1.29, 1.82) is 0 Å². The van der Waals surface area contributed by atoms with E-state index in [-0.39, 0.29) is 12.5 Å². The first kappa shape index (κ1) is 27.6. The molecule has 1 amide bonds. The smallest absolute Gasteiger partial charge is 0.264 e. The van der Waals surface area contributed by atoms with Crippen LogP contribution in [0.2, 0.25) is 0 Å². The summed E-state index contributed by atoms with van der Waals surface area (Å²) in [7, 11) is 6.25. The minimum atomic E-state index is -0.334. The number of methoxy groups -OCH3 is 4. The fourth-order valence-corrected chi connectivity index (χ4v) is 4.68. The predicted molar refractivity (Wildman–Crippen MR) is 153 cm³/mol. The van der Waals surface area contributed by atoms with Crippen molar-refractivity contribution in [2.24, 2.45) is 0 Å². The Morgan fingerprint density at radius 1 is 0.821 bits per heavy atom. The van der Waals surface area contributed by atoms with Crippen LogP contribution in [0.15, 0.2) is 48.5 Å². The molecule has 204 valence electrons. The van der Waals surface area contributed by atoms with Crippen molar-refractivity contribution in [3.8, 4) is 34.5 Å². The Morgan fingerprint density at radius 2 is 1.51 bits per heavy atom. The van der Waals surface area contributed by atoms with Crippen LogP contribution in [-0.4, -0.2) is 52.5 Å². The van der Waals surface area contributed by atoms with Crippen LogP contribution in [0.3, 0.4) is 0 Å². The van der Waals surface area contributed by atoms with Gasteiger partial charge < -0.3 is 28.4 Å². The molecule has 4 aromatic rings. The van der Waals surface area contributed by atoms with Crippen LogP contribution in [0.5, 0.6) is 34.5 Å². The first-order valence-corrected chi connectivity index (χ1v) is 12.9. The third-order valence-corrected chi connectivity index (χ3v) is 6.57. The minimum absolute atomic E-state index is 0.212. The van der Waals surface area contributed by atoms with Crippen molar-refractivity contribution in [3.63, 3.8) is 0 Å². The van der Waals surface area contributed by atoms with Gasteiger partial charge in [-0.2, -0.15) is 0 Å². The van der Waals surface area contributed by atoms with Crippen molar-refractivity contribution in [1.82, 2.24) is 4.98 Å². The summed E-state index contributed by atoms with van der Waals surface area (Å²) < 4.78 is 33.9. The van der Waals surface area contributed by atoms with E-state index < -0.39 is 0 Å². The zero-order valence-electron chi connectivity index (χ0n) is 22.4. The lowest BCUT2D eigenvalue weighted by atomic mass is 10.1. The van der Waals surface area contributed by atoms with E-state index in [0.29, 0.717) is 40.5 Å². The van der Waals surface area contributed by atoms with Gasteiger partial charge in [-0.1, -0.05) is 29.6 Å². The number of nitrogens with one attached hydrogen (secondary N) is 1. The van der Waals surface area contributed by atoms with Crippen LogP contribution in [-0.2, 0) is 4.79 Å². The monoisotopic (exact) mass is 550 g/mol. The topological polar surface area (TPSA) is 97.4 Å². The molecule has 0 fully saturated rings. The standard InChI is InChI=1S/C29H30N2O7S/c1-6-37-20-10-12-26-21(16-20)30-29(39-26)31-27(32)17-38-23-13-18(9-11-22(23)33-2)7-8-19-14-24(34-3)28(36-5)25(15-19)35-4/h7-16H,6,17H2,1-5H3,(H,30,31,32). The molecule has 4 rings (SSSR count).